The van der Waals surface area contributed by atoms with Crippen molar-refractivity contribution in [2.24, 2.45) is 11.8 Å². The molecular formula is C12H22O2S. The Balaban J connectivity index is 3.85. The highest BCUT2D eigenvalue weighted by molar-refractivity contribution is 7.99. The minimum atomic E-state index is 0.166. The molecule has 0 fully saturated rings. The van der Waals surface area contributed by atoms with E-state index < -0.39 is 0 Å². The largest absolute Gasteiger partial charge is 0.300 e. The summed E-state index contributed by atoms with van der Waals surface area (Å²) in [5, 5.41) is 0. The molecule has 0 aromatic heterocycles. The maximum atomic E-state index is 11.2. The fourth-order valence-electron chi connectivity index (χ4n) is 1.40. The second-order valence-corrected chi connectivity index (χ2v) is 5.04. The van der Waals surface area contributed by atoms with Crippen LogP contribution in [-0.2, 0) is 9.59 Å². The van der Waals surface area contributed by atoms with E-state index in [4.69, 9.17) is 0 Å². The monoisotopic (exact) mass is 230 g/mol. The fourth-order valence-corrected chi connectivity index (χ4v) is 3.04. The van der Waals surface area contributed by atoms with Crippen molar-refractivity contribution in [1.29, 1.82) is 0 Å². The molecule has 0 saturated heterocycles. The van der Waals surface area contributed by atoms with Crippen LogP contribution >= 0.6 is 11.8 Å². The summed E-state index contributed by atoms with van der Waals surface area (Å²) in [5.74, 6) is 2.58. The highest BCUT2D eigenvalue weighted by Gasteiger charge is 2.15. The first-order valence-corrected chi connectivity index (χ1v) is 6.76. The third kappa shape index (κ3) is 5.98. The van der Waals surface area contributed by atoms with Crippen molar-refractivity contribution in [3.8, 4) is 0 Å². The maximum Gasteiger partial charge on any atom is 0.133 e. The Labute approximate surface area is 97.2 Å². The normalized spacial score (nSPS) is 14.7. The van der Waals surface area contributed by atoms with E-state index in [-0.39, 0.29) is 23.4 Å². The van der Waals surface area contributed by atoms with Crippen molar-refractivity contribution < 1.29 is 9.59 Å². The van der Waals surface area contributed by atoms with Crippen LogP contribution < -0.4 is 0 Å². The lowest BCUT2D eigenvalue weighted by Crippen LogP contribution is -2.16. The molecule has 0 aromatic carbocycles. The molecule has 0 amide bonds. The van der Waals surface area contributed by atoms with Crippen LogP contribution in [0.25, 0.3) is 0 Å². The zero-order valence-corrected chi connectivity index (χ0v) is 11.0. The summed E-state index contributed by atoms with van der Waals surface area (Å²) in [4.78, 5) is 22.3. The van der Waals surface area contributed by atoms with Gasteiger partial charge in [-0.25, -0.2) is 0 Å². The molecule has 0 aliphatic rings. The topological polar surface area (TPSA) is 34.1 Å². The van der Waals surface area contributed by atoms with E-state index >= 15 is 0 Å². The van der Waals surface area contributed by atoms with Crippen molar-refractivity contribution in [3.05, 3.63) is 0 Å². The Bertz CT molecular complexity index is 192. The second-order valence-electron chi connectivity index (χ2n) is 3.97. The molecule has 0 saturated carbocycles. The van der Waals surface area contributed by atoms with E-state index in [0.29, 0.717) is 0 Å². The molecule has 0 rings (SSSR count). The molecule has 0 bridgehead atoms. The number of carbonyl (C=O) groups excluding carboxylic acids is 2. The molecule has 15 heavy (non-hydrogen) atoms. The third-order valence-corrected chi connectivity index (χ3v) is 4.05. The van der Waals surface area contributed by atoms with E-state index in [9.17, 15) is 9.59 Å². The molecule has 0 aromatic rings. The predicted octanol–water partition coefficient (Wildman–Crippen LogP) is 2.95. The van der Waals surface area contributed by atoms with Crippen molar-refractivity contribution in [1.82, 2.24) is 0 Å². The van der Waals surface area contributed by atoms with Gasteiger partial charge in [0.2, 0.25) is 0 Å². The van der Waals surface area contributed by atoms with Crippen LogP contribution in [0, 0.1) is 11.8 Å². The van der Waals surface area contributed by atoms with Crippen LogP contribution in [0.2, 0.25) is 0 Å². The molecule has 0 aliphatic carbocycles. The average Bonchev–Trinajstić information content (AvgIpc) is 2.17. The van der Waals surface area contributed by atoms with E-state index in [1.165, 1.54) is 0 Å². The Morgan fingerprint density at radius 2 is 1.27 bits per heavy atom. The van der Waals surface area contributed by atoms with E-state index in [1.54, 1.807) is 25.6 Å². The third-order valence-electron chi connectivity index (χ3n) is 2.77. The predicted molar refractivity (Wildman–Crippen MR) is 66.2 cm³/mol. The lowest BCUT2D eigenvalue weighted by Gasteiger charge is -2.14. The van der Waals surface area contributed by atoms with E-state index in [1.807, 2.05) is 13.8 Å². The van der Waals surface area contributed by atoms with Crippen LogP contribution in [0.5, 0.6) is 0 Å². The molecular weight excluding hydrogens is 208 g/mol. The first-order chi connectivity index (χ1) is 7.02. The van der Waals surface area contributed by atoms with Crippen molar-refractivity contribution in [3.63, 3.8) is 0 Å². The van der Waals surface area contributed by atoms with Crippen LogP contribution in [0.15, 0.2) is 0 Å². The quantitative estimate of drug-likeness (QED) is 0.643. The lowest BCUT2D eigenvalue weighted by atomic mass is 10.1. The number of rotatable bonds is 8. The minimum absolute atomic E-state index is 0.166. The van der Waals surface area contributed by atoms with Gasteiger partial charge in [-0.05, 0) is 26.7 Å². The lowest BCUT2D eigenvalue weighted by molar-refractivity contribution is -0.120. The second kappa shape index (κ2) is 7.91. The van der Waals surface area contributed by atoms with Gasteiger partial charge in [0.1, 0.15) is 11.6 Å². The summed E-state index contributed by atoms with van der Waals surface area (Å²) in [7, 11) is 0. The standard InChI is InChI=1S/C12H22O2S/c1-5-11(9(3)13)7-15-8-12(6-2)10(4)14/h11-12H,5-8H2,1-4H3. The number of ketones is 2. The zero-order valence-electron chi connectivity index (χ0n) is 10.2. The Hall–Kier alpha value is -0.310. The van der Waals surface area contributed by atoms with Gasteiger partial charge in [0.25, 0.3) is 0 Å². The molecule has 0 radical (unpaired) electrons. The van der Waals surface area contributed by atoms with Gasteiger partial charge >= 0.3 is 0 Å². The first kappa shape index (κ1) is 14.7. The number of carbonyl (C=O) groups is 2. The van der Waals surface area contributed by atoms with Gasteiger partial charge < -0.3 is 0 Å². The zero-order chi connectivity index (χ0) is 11.8. The Morgan fingerprint density at radius 3 is 1.47 bits per heavy atom. The average molecular weight is 230 g/mol. The molecule has 2 atom stereocenters. The number of hydrogen-bond donors (Lipinski definition) is 0. The van der Waals surface area contributed by atoms with Crippen LogP contribution in [-0.4, -0.2) is 23.1 Å². The summed E-state index contributed by atoms with van der Waals surface area (Å²) < 4.78 is 0. The van der Waals surface area contributed by atoms with Gasteiger partial charge in [-0.1, -0.05) is 13.8 Å². The number of Topliss-reactive ketones (excluding diaryl/α,β-unsaturated/α-hetero) is 2. The summed E-state index contributed by atoms with van der Waals surface area (Å²) >= 11 is 1.73. The fraction of sp³-hybridized carbons (Fsp3) is 0.833. The maximum absolute atomic E-state index is 11.2. The van der Waals surface area contributed by atoms with E-state index in [2.05, 4.69) is 0 Å². The smallest absolute Gasteiger partial charge is 0.133 e. The molecule has 0 N–H and O–H groups in total. The Morgan fingerprint density at radius 1 is 0.933 bits per heavy atom. The SMILES string of the molecule is CCC(CSCC(CC)C(C)=O)C(C)=O. The summed E-state index contributed by atoms with van der Waals surface area (Å²) in [6.45, 7) is 7.37. The van der Waals surface area contributed by atoms with Crippen LogP contribution in [0.4, 0.5) is 0 Å². The van der Waals surface area contributed by atoms with Crippen LogP contribution in [0.1, 0.15) is 40.5 Å². The molecule has 0 aliphatic heterocycles. The molecule has 0 spiro atoms. The van der Waals surface area contributed by atoms with E-state index in [0.717, 1.165) is 24.3 Å². The number of thioether (sulfide) groups is 1. The van der Waals surface area contributed by atoms with Crippen LogP contribution in [0.3, 0.4) is 0 Å². The molecule has 2 unspecified atom stereocenters. The minimum Gasteiger partial charge on any atom is -0.300 e. The van der Waals surface area contributed by atoms with Gasteiger partial charge in [0.05, 0.1) is 0 Å². The number of hydrogen-bond acceptors (Lipinski definition) is 3. The van der Waals surface area contributed by atoms with Crippen molar-refractivity contribution in [2.45, 2.75) is 40.5 Å². The molecule has 2 nitrogen and oxygen atoms in total. The van der Waals surface area contributed by atoms with Gasteiger partial charge in [-0.2, -0.15) is 11.8 Å². The van der Waals surface area contributed by atoms with Gasteiger partial charge in [0, 0.05) is 23.3 Å². The molecule has 3 heteroatoms. The first-order valence-electron chi connectivity index (χ1n) is 5.61. The van der Waals surface area contributed by atoms with Gasteiger partial charge in [0.15, 0.2) is 0 Å². The molecule has 0 heterocycles. The van der Waals surface area contributed by atoms with Gasteiger partial charge in [-0.15, -0.1) is 0 Å². The van der Waals surface area contributed by atoms with Crippen molar-refractivity contribution >= 4 is 23.3 Å². The highest BCUT2D eigenvalue weighted by atomic mass is 32.2. The molecule has 88 valence electrons. The summed E-state index contributed by atoms with van der Waals surface area (Å²) in [5.41, 5.74) is 0. The van der Waals surface area contributed by atoms with Gasteiger partial charge in [-0.3, -0.25) is 9.59 Å². The van der Waals surface area contributed by atoms with Crippen molar-refractivity contribution in [2.75, 3.05) is 11.5 Å². The summed E-state index contributed by atoms with van der Waals surface area (Å²) in [6, 6.07) is 0. The summed E-state index contributed by atoms with van der Waals surface area (Å²) in [6.07, 6.45) is 1.80. The Kier molecular flexibility index (Phi) is 7.75. The highest BCUT2D eigenvalue weighted by Crippen LogP contribution is 2.18.